The number of likely N-dealkylation sites (N-methyl/N-ethyl adjacent to an activating group) is 1. The highest BCUT2D eigenvalue weighted by atomic mass is 16.4. The number of rotatable bonds is 4. The SMILES string of the molecule is Cc1cc(CCc2c[nH]c3ccccc23)oc(=O)c1C(=O)N1CCCN(C)CC1. The lowest BCUT2D eigenvalue weighted by atomic mass is 10.0. The minimum atomic E-state index is -0.526. The van der Waals surface area contributed by atoms with E-state index in [1.54, 1.807) is 4.90 Å². The number of carbonyl (C=O) groups excluding carboxylic acids is 1. The van der Waals surface area contributed by atoms with E-state index >= 15 is 0 Å². The van der Waals surface area contributed by atoms with Gasteiger partial charge in [-0.3, -0.25) is 4.79 Å². The van der Waals surface area contributed by atoms with Gasteiger partial charge < -0.3 is 19.2 Å². The summed E-state index contributed by atoms with van der Waals surface area (Å²) >= 11 is 0. The molecule has 1 fully saturated rings. The van der Waals surface area contributed by atoms with Crippen molar-refractivity contribution in [2.75, 3.05) is 33.2 Å². The summed E-state index contributed by atoms with van der Waals surface area (Å²) in [5, 5.41) is 1.18. The van der Waals surface area contributed by atoms with E-state index in [9.17, 15) is 9.59 Å². The lowest BCUT2D eigenvalue weighted by molar-refractivity contribution is 0.0757. The van der Waals surface area contributed by atoms with Gasteiger partial charge >= 0.3 is 5.63 Å². The maximum Gasteiger partial charge on any atom is 0.349 e. The maximum atomic E-state index is 12.9. The van der Waals surface area contributed by atoms with Gasteiger partial charge in [0.15, 0.2) is 0 Å². The van der Waals surface area contributed by atoms with E-state index in [4.69, 9.17) is 4.42 Å². The second-order valence-electron chi connectivity index (χ2n) is 7.87. The van der Waals surface area contributed by atoms with Gasteiger partial charge in [0.1, 0.15) is 11.3 Å². The van der Waals surface area contributed by atoms with Crippen LogP contribution in [0.1, 0.15) is 33.7 Å². The fourth-order valence-electron chi connectivity index (χ4n) is 4.06. The average molecular weight is 393 g/mol. The van der Waals surface area contributed by atoms with Crippen LogP contribution in [0.5, 0.6) is 0 Å². The predicted octanol–water partition coefficient (Wildman–Crippen LogP) is 2.99. The summed E-state index contributed by atoms with van der Waals surface area (Å²) in [6.45, 7) is 4.91. The summed E-state index contributed by atoms with van der Waals surface area (Å²) < 4.78 is 5.54. The zero-order valence-corrected chi connectivity index (χ0v) is 17.0. The molecule has 1 aliphatic heterocycles. The van der Waals surface area contributed by atoms with Crippen LogP contribution < -0.4 is 5.63 Å². The monoisotopic (exact) mass is 393 g/mol. The molecule has 1 aliphatic rings. The molecule has 3 heterocycles. The molecule has 3 aromatic rings. The molecule has 0 saturated carbocycles. The molecular weight excluding hydrogens is 366 g/mol. The third-order valence-electron chi connectivity index (χ3n) is 5.74. The number of aryl methyl sites for hydroxylation is 3. The van der Waals surface area contributed by atoms with Crippen molar-refractivity contribution in [3.05, 3.63) is 69.4 Å². The maximum absolute atomic E-state index is 12.9. The first-order chi connectivity index (χ1) is 14.0. The highest BCUT2D eigenvalue weighted by Crippen LogP contribution is 2.20. The summed E-state index contributed by atoms with van der Waals surface area (Å²) in [6, 6.07) is 9.99. The Labute approximate surface area is 170 Å². The van der Waals surface area contributed by atoms with Gasteiger partial charge in [-0.15, -0.1) is 0 Å². The summed E-state index contributed by atoms with van der Waals surface area (Å²) in [5.74, 6) is 0.402. The number of hydrogen-bond donors (Lipinski definition) is 1. The average Bonchev–Trinajstić information content (AvgIpc) is 2.98. The molecule has 1 N–H and O–H groups in total. The molecular formula is C23H27N3O3. The molecule has 6 heteroatoms. The van der Waals surface area contributed by atoms with Gasteiger partial charge in [-0.25, -0.2) is 4.79 Å². The van der Waals surface area contributed by atoms with Crippen LogP contribution in [0, 0.1) is 6.92 Å². The van der Waals surface area contributed by atoms with E-state index < -0.39 is 5.63 Å². The van der Waals surface area contributed by atoms with Gasteiger partial charge in [-0.1, -0.05) is 18.2 Å². The molecule has 0 radical (unpaired) electrons. The van der Waals surface area contributed by atoms with E-state index in [0.29, 0.717) is 30.8 Å². The molecule has 0 unspecified atom stereocenters. The number of nitrogens with one attached hydrogen (secondary N) is 1. The standard InChI is InChI=1S/C23H27N3O3/c1-16-14-18(9-8-17-15-24-20-7-4-3-6-19(17)20)29-23(28)21(16)22(27)26-11-5-10-25(2)12-13-26/h3-4,6-7,14-15,24H,5,8-13H2,1-2H3. The van der Waals surface area contributed by atoms with Crippen molar-refractivity contribution >= 4 is 16.8 Å². The van der Waals surface area contributed by atoms with Crippen molar-refractivity contribution in [2.45, 2.75) is 26.2 Å². The summed E-state index contributed by atoms with van der Waals surface area (Å²) in [4.78, 5) is 32.8. The van der Waals surface area contributed by atoms with E-state index in [0.717, 1.165) is 31.4 Å². The molecule has 6 nitrogen and oxygen atoms in total. The van der Waals surface area contributed by atoms with Crippen molar-refractivity contribution in [3.8, 4) is 0 Å². The summed E-state index contributed by atoms with van der Waals surface area (Å²) in [7, 11) is 2.05. The van der Waals surface area contributed by atoms with Crippen LogP contribution in [0.3, 0.4) is 0 Å². The Balaban J connectivity index is 1.51. The molecule has 0 atom stereocenters. The largest absolute Gasteiger partial charge is 0.427 e. The van der Waals surface area contributed by atoms with Gasteiger partial charge in [0.2, 0.25) is 0 Å². The number of H-pyrrole nitrogens is 1. The van der Waals surface area contributed by atoms with E-state index in [1.807, 2.05) is 37.4 Å². The van der Waals surface area contributed by atoms with Crippen LogP contribution >= 0.6 is 0 Å². The number of hydrogen-bond acceptors (Lipinski definition) is 4. The van der Waals surface area contributed by atoms with Crippen LogP contribution in [0.2, 0.25) is 0 Å². The molecule has 0 aliphatic carbocycles. The number of benzene rings is 1. The molecule has 4 rings (SSSR count). The molecule has 0 spiro atoms. The lowest BCUT2D eigenvalue weighted by Crippen LogP contribution is -2.37. The Morgan fingerprint density at radius 1 is 1.14 bits per heavy atom. The van der Waals surface area contributed by atoms with E-state index in [-0.39, 0.29) is 11.5 Å². The fourth-order valence-corrected chi connectivity index (χ4v) is 4.06. The van der Waals surface area contributed by atoms with Gasteiger partial charge in [-0.05, 0) is 56.6 Å². The number of fused-ring (bicyclic) bond motifs is 1. The minimum Gasteiger partial charge on any atom is -0.427 e. The number of nitrogens with zero attached hydrogens (tertiary/aromatic N) is 2. The topological polar surface area (TPSA) is 69.5 Å². The van der Waals surface area contributed by atoms with Crippen LogP contribution in [0.15, 0.2) is 45.7 Å². The van der Waals surface area contributed by atoms with Gasteiger partial charge in [-0.2, -0.15) is 0 Å². The normalized spacial score (nSPS) is 15.6. The van der Waals surface area contributed by atoms with Gasteiger partial charge in [0.25, 0.3) is 5.91 Å². The number of carbonyl (C=O) groups is 1. The quantitative estimate of drug-likeness (QED) is 0.740. The Hall–Kier alpha value is -2.86. The number of aromatic nitrogens is 1. The highest BCUT2D eigenvalue weighted by molar-refractivity contribution is 5.95. The van der Waals surface area contributed by atoms with Crippen molar-refractivity contribution in [2.24, 2.45) is 0 Å². The Kier molecular flexibility index (Phi) is 5.53. The van der Waals surface area contributed by atoms with Crippen molar-refractivity contribution in [1.82, 2.24) is 14.8 Å². The fraction of sp³-hybridized carbons (Fsp3) is 0.391. The molecule has 152 valence electrons. The second kappa shape index (κ2) is 8.25. The van der Waals surface area contributed by atoms with Crippen LogP contribution in [-0.4, -0.2) is 53.9 Å². The van der Waals surface area contributed by atoms with E-state index in [1.165, 1.54) is 10.9 Å². The zero-order valence-electron chi connectivity index (χ0n) is 17.0. The van der Waals surface area contributed by atoms with Crippen molar-refractivity contribution in [3.63, 3.8) is 0 Å². The predicted molar refractivity (Wildman–Crippen MR) is 113 cm³/mol. The van der Waals surface area contributed by atoms with Crippen molar-refractivity contribution in [1.29, 1.82) is 0 Å². The molecule has 2 aromatic heterocycles. The number of para-hydroxylation sites is 1. The first kappa shape index (κ1) is 19.5. The highest BCUT2D eigenvalue weighted by Gasteiger charge is 2.24. The Bertz CT molecular complexity index is 1080. The lowest BCUT2D eigenvalue weighted by Gasteiger charge is -2.21. The van der Waals surface area contributed by atoms with Crippen LogP contribution in [0.25, 0.3) is 10.9 Å². The van der Waals surface area contributed by atoms with Gasteiger partial charge in [0, 0.05) is 43.2 Å². The Morgan fingerprint density at radius 2 is 1.97 bits per heavy atom. The second-order valence-corrected chi connectivity index (χ2v) is 7.87. The summed E-state index contributed by atoms with van der Waals surface area (Å²) in [6.07, 6.45) is 4.29. The minimum absolute atomic E-state index is 0.172. The third-order valence-corrected chi connectivity index (χ3v) is 5.74. The van der Waals surface area contributed by atoms with Gasteiger partial charge in [0.05, 0.1) is 0 Å². The molecule has 1 amide bonds. The van der Waals surface area contributed by atoms with Crippen LogP contribution in [0.4, 0.5) is 0 Å². The molecule has 1 saturated heterocycles. The molecule has 1 aromatic carbocycles. The number of aromatic amines is 1. The smallest absolute Gasteiger partial charge is 0.349 e. The first-order valence-electron chi connectivity index (χ1n) is 10.2. The number of amides is 1. The zero-order chi connectivity index (χ0) is 20.4. The van der Waals surface area contributed by atoms with Crippen molar-refractivity contribution < 1.29 is 9.21 Å². The summed E-state index contributed by atoms with van der Waals surface area (Å²) in [5.41, 5.74) is 2.63. The van der Waals surface area contributed by atoms with E-state index in [2.05, 4.69) is 23.0 Å². The first-order valence-corrected chi connectivity index (χ1v) is 10.2. The third kappa shape index (κ3) is 4.12. The molecule has 29 heavy (non-hydrogen) atoms. The molecule has 0 bridgehead atoms. The Morgan fingerprint density at radius 3 is 2.79 bits per heavy atom. The van der Waals surface area contributed by atoms with Crippen LogP contribution in [-0.2, 0) is 12.8 Å².